The number of aromatic nitrogens is 2. The maximum Gasteiger partial charge on any atom is 0.230 e. The number of hydrogen-bond donors (Lipinski definition) is 0. The smallest absolute Gasteiger partial charge is 0.230 e. The van der Waals surface area contributed by atoms with Crippen molar-refractivity contribution in [1.82, 2.24) is 14.7 Å². The van der Waals surface area contributed by atoms with E-state index >= 15 is 0 Å². The number of benzene rings is 1. The van der Waals surface area contributed by atoms with Gasteiger partial charge in [-0.05, 0) is 68.2 Å². The van der Waals surface area contributed by atoms with Gasteiger partial charge >= 0.3 is 0 Å². The third kappa shape index (κ3) is 4.04. The van der Waals surface area contributed by atoms with Crippen molar-refractivity contribution in [2.45, 2.75) is 45.1 Å². The lowest BCUT2D eigenvalue weighted by Gasteiger charge is -2.35. The molecule has 0 radical (unpaired) electrons. The predicted octanol–water partition coefficient (Wildman–Crippen LogP) is 3.81. The second kappa shape index (κ2) is 7.41. The number of halogens is 2. The fraction of sp³-hybridized carbons (Fsp3) is 0.524. The first-order chi connectivity index (χ1) is 13.1. The average molecular weight is 373 g/mol. The minimum atomic E-state index is -0.805. The number of rotatable bonds is 6. The Kier molecular flexibility index (Phi) is 4.98. The summed E-state index contributed by atoms with van der Waals surface area (Å²) in [6.07, 6.45) is 9.21. The first kappa shape index (κ1) is 18.1. The number of nitrogens with zero attached hydrogens (tertiary/aromatic N) is 3. The van der Waals surface area contributed by atoms with Crippen LogP contribution in [0.15, 0.2) is 36.7 Å². The summed E-state index contributed by atoms with van der Waals surface area (Å²) in [7, 11) is 0. The van der Waals surface area contributed by atoms with E-state index in [0.29, 0.717) is 18.9 Å². The fourth-order valence-electron chi connectivity index (χ4n) is 4.18. The monoisotopic (exact) mass is 373 g/mol. The molecule has 2 heterocycles. The molecule has 0 bridgehead atoms. The highest BCUT2D eigenvalue weighted by Crippen LogP contribution is 2.49. The van der Waals surface area contributed by atoms with Gasteiger partial charge in [-0.15, -0.1) is 0 Å². The van der Waals surface area contributed by atoms with Crippen LogP contribution in [0.3, 0.4) is 0 Å². The van der Waals surface area contributed by atoms with Crippen molar-refractivity contribution in [3.8, 4) is 0 Å². The first-order valence-electron chi connectivity index (χ1n) is 9.76. The Morgan fingerprint density at radius 2 is 2.11 bits per heavy atom. The average Bonchev–Trinajstić information content (AvgIpc) is 3.27. The highest BCUT2D eigenvalue weighted by Gasteiger charge is 2.52. The summed E-state index contributed by atoms with van der Waals surface area (Å²) in [5, 5.41) is 4.25. The van der Waals surface area contributed by atoms with Gasteiger partial charge in [0.05, 0.1) is 12.0 Å². The minimum Gasteiger partial charge on any atom is -0.342 e. The molecule has 0 unspecified atom stereocenters. The largest absolute Gasteiger partial charge is 0.342 e. The second-order valence-electron chi connectivity index (χ2n) is 8.03. The zero-order valence-electron chi connectivity index (χ0n) is 15.4. The zero-order valence-corrected chi connectivity index (χ0v) is 15.4. The van der Waals surface area contributed by atoms with Crippen molar-refractivity contribution >= 4 is 5.91 Å². The van der Waals surface area contributed by atoms with E-state index in [4.69, 9.17) is 0 Å². The van der Waals surface area contributed by atoms with Crippen LogP contribution in [0, 0.1) is 23.0 Å². The number of aryl methyl sites for hydroxylation is 1. The van der Waals surface area contributed by atoms with E-state index in [-0.39, 0.29) is 11.3 Å². The number of carbonyl (C=O) groups is 1. The van der Waals surface area contributed by atoms with Crippen LogP contribution >= 0.6 is 0 Å². The molecule has 2 aromatic rings. The molecule has 4 nitrogen and oxygen atoms in total. The van der Waals surface area contributed by atoms with Gasteiger partial charge in [-0.1, -0.05) is 6.07 Å². The Morgan fingerprint density at radius 3 is 2.81 bits per heavy atom. The van der Waals surface area contributed by atoms with Crippen LogP contribution in [0.25, 0.3) is 0 Å². The summed E-state index contributed by atoms with van der Waals surface area (Å²) in [6, 6.07) is 6.00. The quantitative estimate of drug-likeness (QED) is 0.772. The van der Waals surface area contributed by atoms with E-state index in [9.17, 15) is 13.6 Å². The Labute approximate surface area is 158 Å². The molecule has 0 N–H and O–H groups in total. The molecule has 1 saturated heterocycles. The number of likely N-dealkylation sites (tertiary alicyclic amines) is 1. The standard InChI is InChI=1S/C21H25F2N3O/c22-18-7-6-16(13-19(18)23)4-5-17-3-1-11-25(14-17)20(27)21(8-9-21)15-26-12-2-10-24-26/h2,6-7,10,12-13,17H,1,3-5,8-9,11,14-15H2/t17-/m0/s1. The minimum absolute atomic E-state index is 0.260. The number of hydrogen-bond acceptors (Lipinski definition) is 2. The van der Waals surface area contributed by atoms with Gasteiger partial charge in [-0.25, -0.2) is 8.78 Å². The van der Waals surface area contributed by atoms with E-state index in [1.165, 1.54) is 12.1 Å². The molecular formula is C21H25F2N3O. The van der Waals surface area contributed by atoms with Crippen LogP contribution in [0.1, 0.15) is 37.7 Å². The molecule has 27 heavy (non-hydrogen) atoms. The van der Waals surface area contributed by atoms with E-state index in [2.05, 4.69) is 5.10 Å². The van der Waals surface area contributed by atoms with Crippen molar-refractivity contribution in [2.75, 3.05) is 13.1 Å². The van der Waals surface area contributed by atoms with Crippen molar-refractivity contribution in [2.24, 2.45) is 11.3 Å². The third-order valence-electron chi connectivity index (χ3n) is 5.96. The molecule has 1 aromatic heterocycles. The Hall–Kier alpha value is -2.24. The van der Waals surface area contributed by atoms with Gasteiger partial charge in [-0.3, -0.25) is 9.48 Å². The van der Waals surface area contributed by atoms with Crippen molar-refractivity contribution in [3.63, 3.8) is 0 Å². The normalized spacial score (nSPS) is 21.3. The molecule has 1 saturated carbocycles. The fourth-order valence-corrected chi connectivity index (χ4v) is 4.18. The highest BCUT2D eigenvalue weighted by molar-refractivity contribution is 5.85. The first-order valence-corrected chi connectivity index (χ1v) is 9.76. The van der Waals surface area contributed by atoms with Crippen LogP contribution in [-0.4, -0.2) is 33.7 Å². The molecular weight excluding hydrogens is 348 g/mol. The van der Waals surface area contributed by atoms with E-state index in [1.807, 2.05) is 21.8 Å². The van der Waals surface area contributed by atoms with Gasteiger partial charge in [0.2, 0.25) is 5.91 Å². The lowest BCUT2D eigenvalue weighted by Crippen LogP contribution is -2.45. The summed E-state index contributed by atoms with van der Waals surface area (Å²) in [4.78, 5) is 15.1. The molecule has 1 aliphatic heterocycles. The maximum absolute atomic E-state index is 13.4. The Balaban J connectivity index is 1.33. The molecule has 1 atom stereocenters. The van der Waals surface area contributed by atoms with E-state index < -0.39 is 11.6 Å². The van der Waals surface area contributed by atoms with Gasteiger partial charge in [-0.2, -0.15) is 5.10 Å². The summed E-state index contributed by atoms with van der Waals surface area (Å²) in [6.45, 7) is 2.25. The van der Waals surface area contributed by atoms with Crippen LogP contribution < -0.4 is 0 Å². The lowest BCUT2D eigenvalue weighted by atomic mass is 9.90. The van der Waals surface area contributed by atoms with Crippen molar-refractivity contribution in [3.05, 3.63) is 53.9 Å². The predicted molar refractivity (Wildman–Crippen MR) is 97.9 cm³/mol. The molecule has 1 aromatic carbocycles. The second-order valence-corrected chi connectivity index (χ2v) is 8.03. The summed E-state index contributed by atoms with van der Waals surface area (Å²) >= 11 is 0. The Bertz CT molecular complexity index is 802. The Morgan fingerprint density at radius 1 is 1.26 bits per heavy atom. The summed E-state index contributed by atoms with van der Waals surface area (Å²) < 4.78 is 28.3. The molecule has 2 aliphatic rings. The van der Waals surface area contributed by atoms with Crippen LogP contribution in [-0.2, 0) is 17.8 Å². The SMILES string of the molecule is O=C(N1CCC[C@@H](CCc2ccc(F)c(F)c2)C1)C1(Cn2cccn2)CC1. The van der Waals surface area contributed by atoms with Gasteiger partial charge in [0.25, 0.3) is 0 Å². The number of carbonyl (C=O) groups excluding carboxylic acids is 1. The topological polar surface area (TPSA) is 38.1 Å². The van der Waals surface area contributed by atoms with E-state index in [0.717, 1.165) is 50.8 Å². The van der Waals surface area contributed by atoms with Crippen LogP contribution in [0.4, 0.5) is 8.78 Å². The van der Waals surface area contributed by atoms with Gasteiger partial charge in [0.1, 0.15) is 0 Å². The van der Waals surface area contributed by atoms with Crippen LogP contribution in [0.2, 0.25) is 0 Å². The molecule has 1 amide bonds. The van der Waals surface area contributed by atoms with E-state index in [1.54, 1.807) is 12.3 Å². The summed E-state index contributed by atoms with van der Waals surface area (Å²) in [5.41, 5.74) is 0.545. The van der Waals surface area contributed by atoms with Gasteiger partial charge in [0, 0.05) is 25.5 Å². The molecule has 2 fully saturated rings. The lowest BCUT2D eigenvalue weighted by molar-refractivity contribution is -0.139. The zero-order chi connectivity index (χ0) is 18.9. The third-order valence-corrected chi connectivity index (χ3v) is 5.96. The molecule has 1 aliphatic carbocycles. The molecule has 0 spiro atoms. The summed E-state index contributed by atoms with van der Waals surface area (Å²) in [5.74, 6) is -0.922. The molecule has 4 rings (SSSR count). The number of amides is 1. The van der Waals surface area contributed by atoms with Gasteiger partial charge in [0.15, 0.2) is 11.6 Å². The molecule has 144 valence electrons. The van der Waals surface area contributed by atoms with Gasteiger partial charge < -0.3 is 4.90 Å². The number of piperidine rings is 1. The van der Waals surface area contributed by atoms with Crippen molar-refractivity contribution < 1.29 is 13.6 Å². The van der Waals surface area contributed by atoms with Crippen LogP contribution in [0.5, 0.6) is 0 Å². The maximum atomic E-state index is 13.4. The van der Waals surface area contributed by atoms with Crippen molar-refractivity contribution in [1.29, 1.82) is 0 Å². The molecule has 6 heteroatoms. The highest BCUT2D eigenvalue weighted by atomic mass is 19.2.